The van der Waals surface area contributed by atoms with Crippen LogP contribution in [0.3, 0.4) is 0 Å². The third-order valence-corrected chi connectivity index (χ3v) is 6.92. The number of nitrogens with two attached hydrogens (primary N) is 1. The highest BCUT2D eigenvalue weighted by atomic mass is 32.2. The van der Waals surface area contributed by atoms with Crippen molar-refractivity contribution in [2.45, 2.75) is 62.8 Å². The van der Waals surface area contributed by atoms with E-state index in [-0.39, 0.29) is 36.5 Å². The third-order valence-electron chi connectivity index (χ3n) is 5.97. The minimum Gasteiger partial charge on any atom is -0.461 e. The zero-order valence-corrected chi connectivity index (χ0v) is 19.7. The van der Waals surface area contributed by atoms with Crippen molar-refractivity contribution in [2.75, 3.05) is 5.75 Å². The maximum Gasteiger partial charge on any atom is 0.233 e. The van der Waals surface area contributed by atoms with Crippen LogP contribution in [-0.4, -0.2) is 43.3 Å². The summed E-state index contributed by atoms with van der Waals surface area (Å²) in [6.07, 6.45) is 6.96. The number of furan rings is 1. The monoisotopic (exact) mass is 485 g/mol. The summed E-state index contributed by atoms with van der Waals surface area (Å²) in [5.74, 6) is 0.438. The molecule has 0 spiro atoms. The summed E-state index contributed by atoms with van der Waals surface area (Å²) in [6.45, 7) is 0.729. The Morgan fingerprint density at radius 2 is 1.91 bits per heavy atom. The predicted octanol–water partition coefficient (Wildman–Crippen LogP) is 4.01. The van der Waals surface area contributed by atoms with Gasteiger partial charge in [-0.2, -0.15) is 0 Å². The van der Waals surface area contributed by atoms with E-state index in [1.807, 2.05) is 4.90 Å². The molecule has 0 aliphatic heterocycles. The Bertz CT molecular complexity index is 1090. The molecule has 1 aliphatic rings. The molecule has 2 aromatic heterocycles. The molecule has 0 bridgehead atoms. The van der Waals surface area contributed by atoms with Crippen LogP contribution < -0.4 is 5.73 Å². The summed E-state index contributed by atoms with van der Waals surface area (Å²) in [6, 6.07) is 9.96. The summed E-state index contributed by atoms with van der Waals surface area (Å²) in [5, 5.41) is 8.97. The van der Waals surface area contributed by atoms with Crippen molar-refractivity contribution in [3.63, 3.8) is 0 Å². The molecular formula is C24H28FN5O3S. The number of halogens is 1. The van der Waals surface area contributed by atoms with Crippen LogP contribution in [-0.2, 0) is 22.7 Å². The van der Waals surface area contributed by atoms with Gasteiger partial charge in [-0.3, -0.25) is 14.2 Å². The Balaban J connectivity index is 1.50. The lowest BCUT2D eigenvalue weighted by molar-refractivity contribution is -0.132. The molecule has 1 fully saturated rings. The van der Waals surface area contributed by atoms with Gasteiger partial charge in [-0.15, -0.1) is 10.2 Å². The van der Waals surface area contributed by atoms with E-state index in [1.165, 1.54) is 36.6 Å². The molecule has 1 saturated carbocycles. The minimum absolute atomic E-state index is 0.00905. The molecule has 2 amide bonds. The molecular weight excluding hydrogens is 457 g/mol. The van der Waals surface area contributed by atoms with E-state index in [1.54, 1.807) is 28.8 Å². The van der Waals surface area contributed by atoms with E-state index in [0.29, 0.717) is 23.3 Å². The maximum absolute atomic E-state index is 13.4. The van der Waals surface area contributed by atoms with Gasteiger partial charge in [0.15, 0.2) is 16.7 Å². The lowest BCUT2D eigenvalue weighted by Crippen LogP contribution is -2.42. The van der Waals surface area contributed by atoms with Gasteiger partial charge in [0.2, 0.25) is 11.8 Å². The highest BCUT2D eigenvalue weighted by Crippen LogP contribution is 2.28. The lowest BCUT2D eigenvalue weighted by Gasteiger charge is -2.34. The highest BCUT2D eigenvalue weighted by molar-refractivity contribution is 7.99. The van der Waals surface area contributed by atoms with Gasteiger partial charge in [-0.05, 0) is 42.7 Å². The van der Waals surface area contributed by atoms with Crippen LogP contribution in [0.2, 0.25) is 0 Å². The van der Waals surface area contributed by atoms with Gasteiger partial charge in [0.05, 0.1) is 12.0 Å². The molecule has 0 radical (unpaired) electrons. The molecule has 3 aromatic rings. The van der Waals surface area contributed by atoms with Crippen LogP contribution in [0, 0.1) is 5.82 Å². The van der Waals surface area contributed by atoms with Gasteiger partial charge in [-0.25, -0.2) is 4.39 Å². The summed E-state index contributed by atoms with van der Waals surface area (Å²) in [4.78, 5) is 26.7. The number of thioether (sulfide) groups is 1. The maximum atomic E-state index is 13.4. The molecule has 34 heavy (non-hydrogen) atoms. The number of aromatic nitrogens is 3. The second kappa shape index (κ2) is 11.3. The van der Waals surface area contributed by atoms with Crippen LogP contribution in [0.4, 0.5) is 4.39 Å². The summed E-state index contributed by atoms with van der Waals surface area (Å²) >= 11 is 1.27. The van der Waals surface area contributed by atoms with Crippen LogP contribution in [0.15, 0.2) is 52.2 Å². The molecule has 2 N–H and O–H groups in total. The van der Waals surface area contributed by atoms with Gasteiger partial charge >= 0.3 is 0 Å². The number of benzene rings is 1. The van der Waals surface area contributed by atoms with E-state index in [4.69, 9.17) is 10.2 Å². The Labute approximate surface area is 201 Å². The quantitative estimate of drug-likeness (QED) is 0.435. The standard InChI is InChI=1S/C24H28FN5O3S/c25-18-10-8-17(9-11-18)15-30(19-5-2-1-3-6-19)22(32)16-34-24-28-27-23(20-7-4-14-33-20)29(24)13-12-21(26)31/h4,7-11,14,19H,1-3,5-6,12-13,15-16H2,(H2,26,31). The molecule has 2 heterocycles. The van der Waals surface area contributed by atoms with E-state index in [0.717, 1.165) is 31.2 Å². The van der Waals surface area contributed by atoms with Crippen LogP contribution in [0.5, 0.6) is 0 Å². The summed E-state index contributed by atoms with van der Waals surface area (Å²) < 4.78 is 20.6. The first kappa shape index (κ1) is 24.0. The van der Waals surface area contributed by atoms with Gasteiger partial charge < -0.3 is 15.1 Å². The molecule has 4 rings (SSSR count). The van der Waals surface area contributed by atoms with Crippen LogP contribution in [0.25, 0.3) is 11.6 Å². The predicted molar refractivity (Wildman–Crippen MR) is 126 cm³/mol. The van der Waals surface area contributed by atoms with Gasteiger partial charge in [0, 0.05) is 25.6 Å². The number of nitrogens with zero attached hydrogens (tertiary/aromatic N) is 4. The van der Waals surface area contributed by atoms with E-state index >= 15 is 0 Å². The fourth-order valence-electron chi connectivity index (χ4n) is 4.22. The fraction of sp³-hybridized carbons (Fsp3) is 0.417. The van der Waals surface area contributed by atoms with Crippen molar-refractivity contribution in [1.82, 2.24) is 19.7 Å². The molecule has 8 nitrogen and oxygen atoms in total. The number of carbonyl (C=O) groups is 2. The summed E-state index contributed by atoms with van der Waals surface area (Å²) in [7, 11) is 0. The van der Waals surface area contributed by atoms with Crippen molar-refractivity contribution in [2.24, 2.45) is 5.73 Å². The molecule has 0 unspecified atom stereocenters. The Kier molecular flexibility index (Phi) is 7.99. The first-order valence-corrected chi connectivity index (χ1v) is 12.4. The van der Waals surface area contributed by atoms with Crippen molar-refractivity contribution >= 4 is 23.6 Å². The van der Waals surface area contributed by atoms with E-state index in [9.17, 15) is 14.0 Å². The van der Waals surface area contributed by atoms with Crippen molar-refractivity contribution in [3.8, 4) is 11.6 Å². The number of rotatable bonds is 10. The molecule has 1 aliphatic carbocycles. The van der Waals surface area contributed by atoms with E-state index < -0.39 is 5.91 Å². The van der Waals surface area contributed by atoms with Crippen molar-refractivity contribution < 1.29 is 18.4 Å². The van der Waals surface area contributed by atoms with E-state index in [2.05, 4.69) is 10.2 Å². The van der Waals surface area contributed by atoms with Crippen molar-refractivity contribution in [3.05, 3.63) is 54.0 Å². The van der Waals surface area contributed by atoms with Crippen LogP contribution in [0.1, 0.15) is 44.1 Å². The normalized spacial score (nSPS) is 14.3. The Morgan fingerprint density at radius 3 is 2.59 bits per heavy atom. The average Bonchev–Trinajstić information content (AvgIpc) is 3.51. The minimum atomic E-state index is -0.436. The number of carbonyl (C=O) groups excluding carboxylic acids is 2. The second-order valence-electron chi connectivity index (χ2n) is 8.38. The zero-order valence-electron chi connectivity index (χ0n) is 18.9. The molecule has 0 atom stereocenters. The molecule has 0 saturated heterocycles. The summed E-state index contributed by atoms with van der Waals surface area (Å²) in [5.41, 5.74) is 6.25. The number of hydrogen-bond donors (Lipinski definition) is 1. The first-order valence-electron chi connectivity index (χ1n) is 11.4. The topological polar surface area (TPSA) is 107 Å². The smallest absolute Gasteiger partial charge is 0.233 e. The van der Waals surface area contributed by atoms with Crippen molar-refractivity contribution in [1.29, 1.82) is 0 Å². The number of hydrogen-bond acceptors (Lipinski definition) is 6. The molecule has 10 heteroatoms. The number of primary amides is 1. The fourth-order valence-corrected chi connectivity index (χ4v) is 5.07. The number of amides is 2. The van der Waals surface area contributed by atoms with Gasteiger partial charge in [0.1, 0.15) is 5.82 Å². The molecule has 1 aromatic carbocycles. The average molecular weight is 486 g/mol. The second-order valence-corrected chi connectivity index (χ2v) is 9.32. The van der Waals surface area contributed by atoms with Gasteiger partial charge in [0.25, 0.3) is 0 Å². The first-order chi connectivity index (χ1) is 16.5. The molecule has 180 valence electrons. The Hall–Kier alpha value is -3.14. The van der Waals surface area contributed by atoms with Crippen LogP contribution >= 0.6 is 11.8 Å². The highest BCUT2D eigenvalue weighted by Gasteiger charge is 2.26. The Morgan fingerprint density at radius 1 is 1.15 bits per heavy atom. The SMILES string of the molecule is NC(=O)CCn1c(SCC(=O)N(Cc2ccc(F)cc2)C2CCCCC2)nnc1-c1ccco1. The third kappa shape index (κ3) is 6.05. The largest absolute Gasteiger partial charge is 0.461 e. The zero-order chi connectivity index (χ0) is 23.9. The lowest BCUT2D eigenvalue weighted by atomic mass is 9.94. The van der Waals surface area contributed by atoms with Gasteiger partial charge in [-0.1, -0.05) is 43.2 Å².